The molecule has 2 aromatic rings. The van der Waals surface area contributed by atoms with Crippen LogP contribution in [0.25, 0.3) is 5.52 Å². The van der Waals surface area contributed by atoms with Gasteiger partial charge in [-0.15, -0.1) is 0 Å². The molecule has 4 radical (unpaired) electrons. The highest BCUT2D eigenvalue weighted by molar-refractivity contribution is 7.66. The van der Waals surface area contributed by atoms with Crippen molar-refractivity contribution in [2.75, 3.05) is 5.73 Å². The Morgan fingerprint density at radius 1 is 1.17 bits per heavy atom. The third-order valence-electron chi connectivity index (χ3n) is 4.53. The van der Waals surface area contributed by atoms with Crippen LogP contribution in [0.2, 0.25) is 0 Å². The van der Waals surface area contributed by atoms with E-state index in [1.54, 1.807) is 6.07 Å². The van der Waals surface area contributed by atoms with Gasteiger partial charge >= 0.3 is 23.5 Å². The fraction of sp³-hybridized carbons (Fsp3) is 0.417. The Labute approximate surface area is 197 Å². The number of aliphatic hydroxyl groups excluding tert-OH is 2. The monoisotopic (exact) mass is 551 g/mol. The highest BCUT2D eigenvalue weighted by Crippen LogP contribution is 2.67. The molecule has 0 bridgehead atoms. The predicted octanol–water partition coefficient (Wildman–Crippen LogP) is -2.51. The van der Waals surface area contributed by atoms with E-state index in [2.05, 4.69) is 23.2 Å². The summed E-state index contributed by atoms with van der Waals surface area (Å²) in [6, 6.07) is 4.21. The van der Waals surface area contributed by atoms with Crippen LogP contribution in [0.15, 0.2) is 18.5 Å². The average Bonchev–Trinajstić information content (AvgIpc) is 3.20. The van der Waals surface area contributed by atoms with E-state index in [0.717, 1.165) is 10.8 Å². The first-order chi connectivity index (χ1) is 15.8. The molecule has 0 aromatic carbocycles. The van der Waals surface area contributed by atoms with Gasteiger partial charge in [0, 0.05) is 5.40 Å². The van der Waals surface area contributed by atoms with Crippen molar-refractivity contribution in [2.45, 2.75) is 29.3 Å². The molecule has 1 aliphatic rings. The van der Waals surface area contributed by atoms with Crippen LogP contribution >= 0.6 is 23.5 Å². The maximum absolute atomic E-state index is 12.1. The van der Waals surface area contributed by atoms with Crippen LogP contribution in [0.4, 0.5) is 5.82 Å². The standard InChI is InChI=1S/C12H14B2N5O13P3/c13-12(14,30-34(25,26)32-35(27,28)31-33(22,23)24)9-7(20)8(21)11(3-15,29-9)6-2-1-5-10(16)17-4-18-19(5)6/h1-2,4,7-9,20-21H,(H,25,26)(H,27,28)(H2,16,17,18)(H2,22,23,24)/t7-,8+,9?,11-/m0/s1. The quantitative estimate of drug-likeness (QED) is 0.132. The van der Waals surface area contributed by atoms with Gasteiger partial charge in [-0.25, -0.2) is 23.2 Å². The number of phosphoric acid groups is 3. The molecule has 0 aliphatic carbocycles. The summed E-state index contributed by atoms with van der Waals surface area (Å²) in [5.41, 5.74) is 3.23. The number of rotatable bonds is 8. The molecule has 23 heteroatoms. The number of nitriles is 1. The number of phosphoric ester groups is 1. The summed E-state index contributed by atoms with van der Waals surface area (Å²) in [6.07, 6.45) is -5.52. The van der Waals surface area contributed by atoms with E-state index in [-0.39, 0.29) is 17.0 Å². The van der Waals surface area contributed by atoms with Gasteiger partial charge in [0.2, 0.25) is 5.60 Å². The first-order valence-corrected chi connectivity index (χ1v) is 13.3. The van der Waals surface area contributed by atoms with Crippen LogP contribution in [-0.4, -0.2) is 83.8 Å². The number of anilines is 1. The third-order valence-corrected chi connectivity index (χ3v) is 8.40. The second-order valence-electron chi connectivity index (χ2n) is 7.02. The fourth-order valence-electron chi connectivity index (χ4n) is 3.25. The zero-order chi connectivity index (χ0) is 26.6. The molecule has 0 spiro atoms. The zero-order valence-electron chi connectivity index (χ0n) is 16.9. The van der Waals surface area contributed by atoms with Crippen molar-refractivity contribution >= 4 is 50.5 Å². The van der Waals surface area contributed by atoms with Crippen LogP contribution in [-0.2, 0) is 37.2 Å². The predicted molar refractivity (Wildman–Crippen MR) is 111 cm³/mol. The molecule has 0 saturated carbocycles. The molecule has 8 N–H and O–H groups in total. The Morgan fingerprint density at radius 2 is 1.80 bits per heavy atom. The molecule has 35 heavy (non-hydrogen) atoms. The molecule has 3 unspecified atom stereocenters. The van der Waals surface area contributed by atoms with Gasteiger partial charge in [0.05, 0.1) is 5.69 Å². The SMILES string of the molecule is [B]C([B])(OP(=O)(O)OP(=O)(O)OP(=O)(O)O)C1O[C@@](C#N)(c2ccc3c(N)ncnn23)[C@H](O)[C@@H]1O. The minimum atomic E-state index is -5.93. The molecule has 18 nitrogen and oxygen atoms in total. The van der Waals surface area contributed by atoms with Crippen molar-refractivity contribution in [2.24, 2.45) is 0 Å². The summed E-state index contributed by atoms with van der Waals surface area (Å²) < 4.78 is 52.3. The molecule has 3 rings (SSSR count). The largest absolute Gasteiger partial charge is 0.490 e. The summed E-state index contributed by atoms with van der Waals surface area (Å²) >= 11 is 0. The van der Waals surface area contributed by atoms with E-state index in [9.17, 15) is 39.0 Å². The molecule has 1 aliphatic heterocycles. The number of nitrogens with two attached hydrogens (primary N) is 1. The van der Waals surface area contributed by atoms with E-state index < -0.39 is 52.8 Å². The lowest BCUT2D eigenvalue weighted by Crippen LogP contribution is -2.51. The van der Waals surface area contributed by atoms with Crippen molar-refractivity contribution in [3.63, 3.8) is 0 Å². The topological polar surface area (TPSA) is 290 Å². The van der Waals surface area contributed by atoms with Crippen molar-refractivity contribution in [3.05, 3.63) is 24.2 Å². The minimum Gasteiger partial charge on any atom is -0.387 e. The smallest absolute Gasteiger partial charge is 0.387 e. The zero-order valence-corrected chi connectivity index (χ0v) is 19.6. The van der Waals surface area contributed by atoms with Gasteiger partial charge < -0.3 is 40.3 Å². The van der Waals surface area contributed by atoms with Crippen molar-refractivity contribution < 1.29 is 61.4 Å². The summed E-state index contributed by atoms with van der Waals surface area (Å²) in [5.74, 6) is -0.0245. The van der Waals surface area contributed by atoms with Crippen LogP contribution in [0.1, 0.15) is 5.69 Å². The lowest BCUT2D eigenvalue weighted by Gasteiger charge is -2.35. The number of aliphatic hydroxyl groups is 2. The molecular weight excluding hydrogens is 537 g/mol. The molecule has 1 fully saturated rings. The van der Waals surface area contributed by atoms with Gasteiger partial charge in [-0.05, 0) is 12.1 Å². The van der Waals surface area contributed by atoms with Crippen LogP contribution in [0.5, 0.6) is 0 Å². The number of hydrogen-bond donors (Lipinski definition) is 7. The van der Waals surface area contributed by atoms with Gasteiger partial charge in [0.1, 0.15) is 51.9 Å². The van der Waals surface area contributed by atoms with E-state index in [1.165, 1.54) is 12.1 Å². The van der Waals surface area contributed by atoms with E-state index in [0.29, 0.717) is 0 Å². The van der Waals surface area contributed by atoms with Gasteiger partial charge in [-0.3, -0.25) is 4.52 Å². The highest BCUT2D eigenvalue weighted by Gasteiger charge is 2.62. The minimum absolute atomic E-state index is 0.0245. The van der Waals surface area contributed by atoms with Crippen LogP contribution in [0, 0.1) is 11.3 Å². The molecule has 6 atom stereocenters. The second-order valence-corrected chi connectivity index (χ2v) is 11.4. The van der Waals surface area contributed by atoms with Crippen molar-refractivity contribution in [1.82, 2.24) is 14.6 Å². The fourth-order valence-corrected chi connectivity index (χ4v) is 6.39. The molecular formula is C12H14B2N5O13P3. The van der Waals surface area contributed by atoms with Gasteiger partial charge in [0.25, 0.3) is 0 Å². The maximum atomic E-state index is 12.1. The van der Waals surface area contributed by atoms with Crippen molar-refractivity contribution in [1.29, 1.82) is 5.26 Å². The summed E-state index contributed by atoms with van der Waals surface area (Å²) in [4.78, 5) is 39.9. The third kappa shape index (κ3) is 5.53. The van der Waals surface area contributed by atoms with E-state index in [4.69, 9.17) is 35.9 Å². The van der Waals surface area contributed by atoms with Crippen LogP contribution < -0.4 is 5.73 Å². The number of hydrogen-bond acceptors (Lipinski definition) is 13. The number of nitrogen functional groups attached to an aromatic ring is 1. The first kappa shape index (κ1) is 27.9. The highest BCUT2D eigenvalue weighted by atomic mass is 31.3. The van der Waals surface area contributed by atoms with Crippen LogP contribution in [0.3, 0.4) is 0 Å². The van der Waals surface area contributed by atoms with E-state index in [1.807, 2.05) is 0 Å². The summed E-state index contributed by atoms with van der Waals surface area (Å²) in [7, 11) is -6.33. The normalized spacial score (nSPS) is 28.9. The number of fused-ring (bicyclic) bond motifs is 1. The Bertz CT molecular complexity index is 1330. The molecule has 0 amide bonds. The number of nitrogens with zero attached hydrogens (tertiary/aromatic N) is 4. The van der Waals surface area contributed by atoms with Gasteiger partial charge in [-0.2, -0.15) is 19.0 Å². The van der Waals surface area contributed by atoms with Gasteiger partial charge in [0.15, 0.2) is 5.82 Å². The average molecular weight is 551 g/mol. The molecule has 1 saturated heterocycles. The molecule has 186 valence electrons. The number of ether oxygens (including phenoxy) is 1. The lowest BCUT2D eigenvalue weighted by atomic mass is 9.61. The first-order valence-electron chi connectivity index (χ1n) is 8.80. The van der Waals surface area contributed by atoms with Crippen molar-refractivity contribution in [3.8, 4) is 6.07 Å². The lowest BCUT2D eigenvalue weighted by molar-refractivity contribution is -0.0823. The summed E-state index contributed by atoms with van der Waals surface area (Å²) in [6.45, 7) is 0. The Kier molecular flexibility index (Phi) is 7.19. The Hall–Kier alpha value is -1.67. The Balaban J connectivity index is 1.93. The maximum Gasteiger partial charge on any atom is 0.490 e. The van der Waals surface area contributed by atoms with E-state index >= 15 is 0 Å². The second kappa shape index (κ2) is 9.02. The molecule has 2 aromatic heterocycles. The van der Waals surface area contributed by atoms with Gasteiger partial charge in [-0.1, -0.05) is 0 Å². The summed E-state index contributed by atoms with van der Waals surface area (Å²) in [5, 5.41) is 31.7. The number of aromatic nitrogens is 3. The molecule has 3 heterocycles. The Morgan fingerprint density at radius 3 is 2.37 bits per heavy atom.